The monoisotopic (exact) mass is 434 g/mol. The minimum absolute atomic E-state index is 0.00787. The number of ether oxygens (including phenoxy) is 1. The molecule has 15 heavy (non-hydrogen) atoms. The van der Waals surface area contributed by atoms with Crippen LogP contribution in [0.2, 0.25) is 0 Å². The van der Waals surface area contributed by atoms with Crippen molar-refractivity contribution in [3.63, 3.8) is 0 Å². The van der Waals surface area contributed by atoms with Crippen LogP contribution in [0.5, 0.6) is 0 Å². The Morgan fingerprint density at radius 2 is 1.87 bits per heavy atom. The second-order valence-corrected chi connectivity index (χ2v) is 4.21. The average molecular weight is 434 g/mol. The lowest BCUT2D eigenvalue weighted by Crippen LogP contribution is -2.19. The van der Waals surface area contributed by atoms with Gasteiger partial charge in [0.1, 0.15) is 7.85 Å². The molecule has 0 N–H and O–H groups in total. The SMILES string of the molecule is II.[B][C@@H]1O[C@H](CC)[C@@H](C)[C@H]1CCCC. The zero-order valence-corrected chi connectivity index (χ0v) is 14.2. The van der Waals surface area contributed by atoms with Crippen LogP contribution < -0.4 is 0 Å². The van der Waals surface area contributed by atoms with Gasteiger partial charge in [-0.2, -0.15) is 0 Å². The summed E-state index contributed by atoms with van der Waals surface area (Å²) in [6, 6.07) is -0.00787. The first-order valence-electron chi connectivity index (χ1n) is 5.76. The van der Waals surface area contributed by atoms with Gasteiger partial charge in [0.2, 0.25) is 0 Å². The number of hydrogen-bond donors (Lipinski definition) is 0. The van der Waals surface area contributed by atoms with Crippen molar-refractivity contribution in [2.45, 2.75) is 58.6 Å². The molecule has 0 aromatic carbocycles. The standard InChI is InChI=1S/C11H21BO.I2/c1-4-6-7-9-8(3)10(5-2)13-11(9)12;1-2/h8-11H,4-7H2,1-3H3;/t8-,9+,10+,11+;/m0./s1. The van der Waals surface area contributed by atoms with Crippen molar-refractivity contribution in [1.29, 1.82) is 0 Å². The Morgan fingerprint density at radius 1 is 1.27 bits per heavy atom. The van der Waals surface area contributed by atoms with Crippen LogP contribution in [0, 0.1) is 11.8 Å². The molecule has 0 bridgehead atoms. The predicted molar refractivity (Wildman–Crippen MR) is 84.9 cm³/mol. The largest absolute Gasteiger partial charge is 0.384 e. The second-order valence-electron chi connectivity index (χ2n) is 4.21. The Labute approximate surface area is 119 Å². The number of halogens is 2. The molecule has 0 unspecified atom stereocenters. The third-order valence-corrected chi connectivity index (χ3v) is 3.31. The summed E-state index contributed by atoms with van der Waals surface area (Å²) in [6.07, 6.45) is 5.26. The first-order chi connectivity index (χ1) is 7.20. The van der Waals surface area contributed by atoms with E-state index in [1.807, 2.05) is 0 Å². The van der Waals surface area contributed by atoms with Crippen molar-refractivity contribution < 1.29 is 4.74 Å². The molecule has 0 aromatic heterocycles. The third-order valence-electron chi connectivity index (χ3n) is 3.31. The molecule has 2 radical (unpaired) electrons. The zero-order valence-electron chi connectivity index (χ0n) is 9.88. The van der Waals surface area contributed by atoms with Gasteiger partial charge < -0.3 is 4.74 Å². The maximum atomic E-state index is 5.95. The van der Waals surface area contributed by atoms with E-state index in [0.29, 0.717) is 17.9 Å². The van der Waals surface area contributed by atoms with Crippen LogP contribution in [0.15, 0.2) is 0 Å². The van der Waals surface area contributed by atoms with Crippen LogP contribution in [-0.2, 0) is 4.74 Å². The molecular formula is C11H21BI2O. The lowest BCUT2D eigenvalue weighted by Gasteiger charge is -2.18. The maximum Gasteiger partial charge on any atom is 0.109 e. The molecule has 0 spiro atoms. The van der Waals surface area contributed by atoms with Gasteiger partial charge in [-0.15, -0.1) is 0 Å². The maximum absolute atomic E-state index is 5.95. The van der Waals surface area contributed by atoms with Crippen LogP contribution in [-0.4, -0.2) is 20.0 Å². The Balaban J connectivity index is 0.000000921. The smallest absolute Gasteiger partial charge is 0.109 e. The van der Waals surface area contributed by atoms with E-state index in [1.54, 1.807) is 0 Å². The topological polar surface area (TPSA) is 9.23 Å². The minimum atomic E-state index is -0.00787. The fraction of sp³-hybridized carbons (Fsp3) is 1.00. The van der Waals surface area contributed by atoms with Crippen molar-refractivity contribution in [3.8, 4) is 0 Å². The van der Waals surface area contributed by atoms with Gasteiger partial charge >= 0.3 is 0 Å². The Kier molecular flexibility index (Phi) is 10.4. The molecule has 1 saturated heterocycles. The van der Waals surface area contributed by atoms with Crippen molar-refractivity contribution >= 4 is 45.1 Å². The van der Waals surface area contributed by atoms with E-state index in [-0.39, 0.29) is 6.00 Å². The molecule has 88 valence electrons. The van der Waals surface area contributed by atoms with E-state index in [2.05, 4.69) is 58.0 Å². The van der Waals surface area contributed by atoms with Gasteiger partial charge in [0.15, 0.2) is 0 Å². The van der Waals surface area contributed by atoms with E-state index in [1.165, 1.54) is 19.3 Å². The second kappa shape index (κ2) is 9.51. The van der Waals surface area contributed by atoms with Crippen LogP contribution >= 0.6 is 37.2 Å². The number of hydrogen-bond acceptors (Lipinski definition) is 1. The lowest BCUT2D eigenvalue weighted by atomic mass is 9.77. The Morgan fingerprint density at radius 3 is 2.27 bits per heavy atom. The van der Waals surface area contributed by atoms with Gasteiger partial charge in [0, 0.05) is 43.2 Å². The van der Waals surface area contributed by atoms with Crippen molar-refractivity contribution in [2.24, 2.45) is 11.8 Å². The summed E-state index contributed by atoms with van der Waals surface area (Å²) in [7, 11) is 5.95. The van der Waals surface area contributed by atoms with Crippen LogP contribution in [0.25, 0.3) is 0 Å². The van der Waals surface area contributed by atoms with Gasteiger partial charge in [0.05, 0.1) is 6.10 Å². The van der Waals surface area contributed by atoms with Gasteiger partial charge in [-0.25, -0.2) is 0 Å². The zero-order chi connectivity index (χ0) is 11.8. The molecule has 4 heteroatoms. The fourth-order valence-corrected chi connectivity index (χ4v) is 2.34. The van der Waals surface area contributed by atoms with Crippen LogP contribution in [0.1, 0.15) is 46.5 Å². The minimum Gasteiger partial charge on any atom is -0.384 e. The third kappa shape index (κ3) is 5.11. The summed E-state index contributed by atoms with van der Waals surface area (Å²) in [4.78, 5) is 0. The van der Waals surface area contributed by atoms with Gasteiger partial charge in [-0.1, -0.05) is 33.6 Å². The first-order valence-corrected chi connectivity index (χ1v) is 12.0. The van der Waals surface area contributed by atoms with E-state index >= 15 is 0 Å². The highest BCUT2D eigenvalue weighted by molar-refractivity contribution is 15.0. The average Bonchev–Trinajstić information content (AvgIpc) is 2.54. The van der Waals surface area contributed by atoms with Crippen LogP contribution in [0.3, 0.4) is 0 Å². The predicted octanol–water partition coefficient (Wildman–Crippen LogP) is 4.50. The van der Waals surface area contributed by atoms with Crippen molar-refractivity contribution in [3.05, 3.63) is 0 Å². The lowest BCUT2D eigenvalue weighted by molar-refractivity contribution is 0.0690. The Hall–Kier alpha value is 1.48. The molecule has 1 heterocycles. The summed E-state index contributed by atoms with van der Waals surface area (Å²) in [6.45, 7) is 6.68. The quantitative estimate of drug-likeness (QED) is 0.468. The highest BCUT2D eigenvalue weighted by Gasteiger charge is 2.36. The molecule has 4 atom stereocenters. The van der Waals surface area contributed by atoms with Gasteiger partial charge in [-0.3, -0.25) is 0 Å². The summed E-state index contributed by atoms with van der Waals surface area (Å²) in [5.74, 6) is 1.23. The molecular weight excluding hydrogens is 413 g/mol. The van der Waals surface area contributed by atoms with Gasteiger partial charge in [-0.05, 0) is 24.7 Å². The molecule has 1 nitrogen and oxygen atoms in total. The number of rotatable bonds is 4. The molecule has 0 aliphatic carbocycles. The summed E-state index contributed by atoms with van der Waals surface area (Å²) in [5, 5.41) is 0. The normalized spacial score (nSPS) is 34.7. The first kappa shape index (κ1) is 16.5. The van der Waals surface area contributed by atoms with E-state index in [0.717, 1.165) is 6.42 Å². The molecule has 1 aliphatic heterocycles. The summed E-state index contributed by atoms with van der Waals surface area (Å²) >= 11 is 4.24. The molecule has 0 aromatic rings. The molecule has 1 rings (SSSR count). The molecule has 1 aliphatic rings. The molecule has 0 saturated carbocycles. The summed E-state index contributed by atoms with van der Waals surface area (Å²) in [5.41, 5.74) is 0. The Bertz CT molecular complexity index is 158. The summed E-state index contributed by atoms with van der Waals surface area (Å²) < 4.78 is 5.71. The van der Waals surface area contributed by atoms with Crippen LogP contribution in [0.4, 0.5) is 0 Å². The number of unbranched alkanes of at least 4 members (excludes halogenated alkanes) is 1. The van der Waals surface area contributed by atoms with E-state index in [4.69, 9.17) is 12.6 Å². The highest BCUT2D eigenvalue weighted by atomic mass is 128. The van der Waals surface area contributed by atoms with Crippen molar-refractivity contribution in [1.82, 2.24) is 0 Å². The van der Waals surface area contributed by atoms with E-state index in [9.17, 15) is 0 Å². The highest BCUT2D eigenvalue weighted by Crippen LogP contribution is 2.35. The fourth-order valence-electron chi connectivity index (χ4n) is 2.34. The molecule has 0 amide bonds. The van der Waals surface area contributed by atoms with E-state index < -0.39 is 0 Å². The van der Waals surface area contributed by atoms with Crippen molar-refractivity contribution in [2.75, 3.05) is 0 Å². The van der Waals surface area contributed by atoms with Gasteiger partial charge in [0.25, 0.3) is 0 Å². The molecule has 1 fully saturated rings.